The lowest BCUT2D eigenvalue weighted by Gasteiger charge is -2.05. The summed E-state index contributed by atoms with van der Waals surface area (Å²) in [6.45, 7) is 8.20. The Kier molecular flexibility index (Phi) is 6.12. The summed E-state index contributed by atoms with van der Waals surface area (Å²) in [5.74, 6) is 0.802. The van der Waals surface area contributed by atoms with Gasteiger partial charge in [0.2, 0.25) is 0 Å². The van der Waals surface area contributed by atoms with Crippen molar-refractivity contribution in [3.63, 3.8) is 0 Å². The third kappa shape index (κ3) is 5.88. The molecule has 0 saturated carbocycles. The molecule has 0 aromatic rings. The summed E-state index contributed by atoms with van der Waals surface area (Å²) in [5, 5.41) is 0. The molecular weight excluding hydrogens is 108 g/mol. The van der Waals surface area contributed by atoms with E-state index in [0.717, 1.165) is 12.3 Å². The molecule has 0 N–H and O–H groups in total. The van der Waals surface area contributed by atoms with Gasteiger partial charge in [0, 0.05) is 0 Å². The summed E-state index contributed by atoms with van der Waals surface area (Å²) in [6.07, 6.45) is 7.33. The Bertz CT molecular complexity index is 48.0. The van der Waals surface area contributed by atoms with Crippen LogP contribution in [0.2, 0.25) is 0 Å². The molecule has 2 radical (unpaired) electrons. The molecule has 54 valence electrons. The highest BCUT2D eigenvalue weighted by atomic mass is 14.0. The zero-order valence-corrected chi connectivity index (χ0v) is 6.69. The van der Waals surface area contributed by atoms with Gasteiger partial charge >= 0.3 is 0 Å². The molecule has 0 saturated heterocycles. The molecule has 0 aromatic carbocycles. The average molecular weight is 126 g/mol. The van der Waals surface area contributed by atoms with Crippen molar-refractivity contribution in [3.05, 3.63) is 13.3 Å². The standard InChI is InChI=1S/C9H18/c1-4-6-7-8-9(3)5-2/h5,9H,1,4,6-8H2,2-3H3. The van der Waals surface area contributed by atoms with Gasteiger partial charge in [-0.25, -0.2) is 0 Å². The van der Waals surface area contributed by atoms with Crippen LogP contribution in [-0.4, -0.2) is 0 Å². The van der Waals surface area contributed by atoms with Gasteiger partial charge in [0.1, 0.15) is 0 Å². The van der Waals surface area contributed by atoms with Gasteiger partial charge in [-0.3, -0.25) is 0 Å². The van der Waals surface area contributed by atoms with Crippen LogP contribution in [0.4, 0.5) is 0 Å². The topological polar surface area (TPSA) is 0 Å². The minimum absolute atomic E-state index is 0.802. The summed E-state index contributed by atoms with van der Waals surface area (Å²) in [4.78, 5) is 0. The van der Waals surface area contributed by atoms with Crippen molar-refractivity contribution in [3.8, 4) is 0 Å². The van der Waals surface area contributed by atoms with Crippen LogP contribution in [-0.2, 0) is 0 Å². The fourth-order valence-electron chi connectivity index (χ4n) is 0.810. The zero-order valence-electron chi connectivity index (χ0n) is 6.69. The molecule has 9 heavy (non-hydrogen) atoms. The van der Waals surface area contributed by atoms with E-state index in [1.807, 2.05) is 0 Å². The van der Waals surface area contributed by atoms with E-state index in [0.29, 0.717) is 0 Å². The lowest BCUT2D eigenvalue weighted by atomic mass is 10.0. The molecule has 0 spiro atoms. The molecule has 1 atom stereocenters. The van der Waals surface area contributed by atoms with Gasteiger partial charge in [0.05, 0.1) is 0 Å². The fourth-order valence-corrected chi connectivity index (χ4v) is 0.810. The highest BCUT2D eigenvalue weighted by Crippen LogP contribution is 2.10. The van der Waals surface area contributed by atoms with Crippen LogP contribution in [0.3, 0.4) is 0 Å². The summed E-state index contributed by atoms with van der Waals surface area (Å²) >= 11 is 0. The van der Waals surface area contributed by atoms with E-state index in [4.69, 9.17) is 0 Å². The number of unbranched alkanes of at least 4 members (excludes halogenated alkanes) is 2. The van der Waals surface area contributed by atoms with E-state index in [9.17, 15) is 0 Å². The second-order valence-corrected chi connectivity index (χ2v) is 2.66. The van der Waals surface area contributed by atoms with Gasteiger partial charge in [-0.2, -0.15) is 0 Å². The van der Waals surface area contributed by atoms with Crippen molar-refractivity contribution in [1.82, 2.24) is 0 Å². The highest BCUT2D eigenvalue weighted by Gasteiger charge is 1.96. The molecule has 0 amide bonds. The average Bonchev–Trinajstić information content (AvgIpc) is 1.89. The second-order valence-electron chi connectivity index (χ2n) is 2.66. The van der Waals surface area contributed by atoms with E-state index in [-0.39, 0.29) is 0 Å². The van der Waals surface area contributed by atoms with E-state index in [1.54, 1.807) is 0 Å². The molecule has 0 heterocycles. The minimum atomic E-state index is 0.802. The van der Waals surface area contributed by atoms with Crippen molar-refractivity contribution in [2.24, 2.45) is 5.92 Å². The van der Waals surface area contributed by atoms with Crippen LogP contribution in [0.5, 0.6) is 0 Å². The van der Waals surface area contributed by atoms with E-state index < -0.39 is 0 Å². The third-order valence-electron chi connectivity index (χ3n) is 1.73. The largest absolute Gasteiger partial charge is 0.0622 e. The van der Waals surface area contributed by atoms with Crippen molar-refractivity contribution in [1.29, 1.82) is 0 Å². The molecule has 0 aliphatic heterocycles. The molecule has 0 rings (SSSR count). The zero-order chi connectivity index (χ0) is 7.11. The molecule has 0 fully saturated rings. The molecule has 0 bridgehead atoms. The number of rotatable bonds is 5. The van der Waals surface area contributed by atoms with Gasteiger partial charge in [-0.15, -0.1) is 0 Å². The summed E-state index contributed by atoms with van der Waals surface area (Å²) in [5.41, 5.74) is 0. The van der Waals surface area contributed by atoms with Crippen molar-refractivity contribution >= 4 is 0 Å². The first-order chi connectivity index (χ1) is 4.31. The highest BCUT2D eigenvalue weighted by molar-refractivity contribution is 4.65. The fraction of sp³-hybridized carbons (Fsp3) is 0.778. The van der Waals surface area contributed by atoms with Gasteiger partial charge in [-0.1, -0.05) is 46.5 Å². The van der Waals surface area contributed by atoms with Gasteiger partial charge in [0.25, 0.3) is 0 Å². The normalized spacial score (nSPS) is 13.7. The van der Waals surface area contributed by atoms with Crippen molar-refractivity contribution in [2.75, 3.05) is 0 Å². The molecule has 0 nitrogen and oxygen atoms in total. The predicted molar refractivity (Wildman–Crippen MR) is 43.0 cm³/mol. The monoisotopic (exact) mass is 126 g/mol. The van der Waals surface area contributed by atoms with Crippen molar-refractivity contribution in [2.45, 2.75) is 39.5 Å². The maximum atomic E-state index is 3.80. The smallest absolute Gasteiger partial charge is 0.0389 e. The van der Waals surface area contributed by atoms with E-state index in [1.165, 1.54) is 19.3 Å². The Hall–Kier alpha value is 0. The van der Waals surface area contributed by atoms with Gasteiger partial charge in [-0.05, 0) is 12.3 Å². The van der Waals surface area contributed by atoms with Crippen LogP contribution in [0.1, 0.15) is 39.5 Å². The van der Waals surface area contributed by atoms with Crippen LogP contribution in [0.15, 0.2) is 0 Å². The Morgan fingerprint density at radius 3 is 2.56 bits per heavy atom. The predicted octanol–water partition coefficient (Wildman–Crippen LogP) is 3.24. The summed E-state index contributed by atoms with van der Waals surface area (Å²) in [6, 6.07) is 0. The Labute approximate surface area is 59.7 Å². The molecule has 0 aliphatic carbocycles. The third-order valence-corrected chi connectivity index (χ3v) is 1.73. The van der Waals surface area contributed by atoms with E-state index in [2.05, 4.69) is 27.2 Å². The lowest BCUT2D eigenvalue weighted by Crippen LogP contribution is -1.91. The van der Waals surface area contributed by atoms with E-state index >= 15 is 0 Å². The SMILES string of the molecule is [CH2]CCCCC(C)[CH]C. The summed E-state index contributed by atoms with van der Waals surface area (Å²) < 4.78 is 0. The Morgan fingerprint density at radius 2 is 2.11 bits per heavy atom. The quantitative estimate of drug-likeness (QED) is 0.496. The van der Waals surface area contributed by atoms with Gasteiger partial charge < -0.3 is 0 Å². The molecule has 0 heteroatoms. The molecule has 0 aliphatic rings. The molecule has 1 unspecified atom stereocenters. The maximum Gasteiger partial charge on any atom is -0.0389 e. The number of hydrogen-bond acceptors (Lipinski definition) is 0. The first-order valence-electron chi connectivity index (χ1n) is 3.90. The first kappa shape index (κ1) is 9.00. The second kappa shape index (κ2) is 6.12. The Balaban J connectivity index is 2.88. The Morgan fingerprint density at radius 1 is 1.44 bits per heavy atom. The summed E-state index contributed by atoms with van der Waals surface area (Å²) in [7, 11) is 0. The molecule has 0 aromatic heterocycles. The van der Waals surface area contributed by atoms with Crippen LogP contribution >= 0.6 is 0 Å². The minimum Gasteiger partial charge on any atom is -0.0622 e. The van der Waals surface area contributed by atoms with Crippen LogP contribution in [0, 0.1) is 19.3 Å². The molecular formula is C9H18. The first-order valence-corrected chi connectivity index (χ1v) is 3.90. The number of hydrogen-bond donors (Lipinski definition) is 0. The van der Waals surface area contributed by atoms with Crippen molar-refractivity contribution < 1.29 is 0 Å². The maximum absolute atomic E-state index is 3.80. The lowest BCUT2D eigenvalue weighted by molar-refractivity contribution is 0.556. The van der Waals surface area contributed by atoms with Gasteiger partial charge in [0.15, 0.2) is 0 Å². The van der Waals surface area contributed by atoms with Crippen LogP contribution < -0.4 is 0 Å². The van der Waals surface area contributed by atoms with Crippen LogP contribution in [0.25, 0.3) is 0 Å².